The van der Waals surface area contributed by atoms with Crippen LogP contribution in [0.5, 0.6) is 0 Å². The summed E-state index contributed by atoms with van der Waals surface area (Å²) in [5, 5.41) is 9.95. The van der Waals surface area contributed by atoms with Crippen molar-refractivity contribution in [2.75, 3.05) is 31.0 Å². The molecule has 9 nitrogen and oxygen atoms in total. The van der Waals surface area contributed by atoms with Crippen LogP contribution in [0.15, 0.2) is 22.7 Å². The molecule has 0 spiro atoms. The number of aromatic nitrogens is 2. The number of aryl methyl sites for hydroxylation is 2. The number of thiazole rings is 1. The predicted octanol–water partition coefficient (Wildman–Crippen LogP) is 2.39. The van der Waals surface area contributed by atoms with Crippen LogP contribution in [0.1, 0.15) is 26.5 Å². The third kappa shape index (κ3) is 3.54. The molecule has 1 aromatic carbocycles. The lowest BCUT2D eigenvalue weighted by Crippen LogP contribution is -2.40. The molecule has 4 rings (SSSR count). The number of hydrogen-bond donors (Lipinski definition) is 2. The van der Waals surface area contributed by atoms with Gasteiger partial charge < -0.3 is 14.6 Å². The summed E-state index contributed by atoms with van der Waals surface area (Å²) in [6.45, 7) is 5.32. The van der Waals surface area contributed by atoms with Crippen molar-refractivity contribution in [2.24, 2.45) is 0 Å². The fourth-order valence-electron chi connectivity index (χ4n) is 3.38. The van der Waals surface area contributed by atoms with Crippen LogP contribution in [-0.4, -0.2) is 55.5 Å². The minimum absolute atomic E-state index is 0.183. The number of carbonyl (C=O) groups is 1. The molecule has 1 saturated heterocycles. The van der Waals surface area contributed by atoms with Crippen LogP contribution < -0.4 is 4.72 Å². The summed E-state index contributed by atoms with van der Waals surface area (Å²) in [4.78, 5) is 21.8. The number of anilines is 1. The first-order chi connectivity index (χ1) is 14.3. The van der Waals surface area contributed by atoms with Crippen molar-refractivity contribution in [1.82, 2.24) is 14.9 Å². The van der Waals surface area contributed by atoms with Gasteiger partial charge in [0, 0.05) is 24.7 Å². The van der Waals surface area contributed by atoms with Gasteiger partial charge in [-0.15, -0.1) is 0 Å². The monoisotopic (exact) mass is 445 g/mol. The molecule has 2 N–H and O–H groups in total. The van der Waals surface area contributed by atoms with Gasteiger partial charge in [-0.25, -0.2) is 4.98 Å². The van der Waals surface area contributed by atoms with E-state index >= 15 is 0 Å². The van der Waals surface area contributed by atoms with Crippen LogP contribution in [0, 0.1) is 25.2 Å². The molecule has 0 atom stereocenters. The number of fused-ring (bicyclic) bond motifs is 1. The molecule has 3 heterocycles. The van der Waals surface area contributed by atoms with E-state index in [2.05, 4.69) is 20.8 Å². The average molecular weight is 446 g/mol. The van der Waals surface area contributed by atoms with Gasteiger partial charge in [0.2, 0.25) is 4.34 Å². The second-order valence-corrected chi connectivity index (χ2v) is 9.75. The highest BCUT2D eigenvalue weighted by Gasteiger charge is 2.28. The fourth-order valence-corrected chi connectivity index (χ4v) is 5.76. The zero-order chi connectivity index (χ0) is 21.5. The maximum atomic E-state index is 13.0. The molecule has 0 aliphatic carbocycles. The van der Waals surface area contributed by atoms with E-state index in [1.54, 1.807) is 30.2 Å². The molecule has 1 fully saturated rings. The second-order valence-electron chi connectivity index (χ2n) is 6.90. The van der Waals surface area contributed by atoms with E-state index in [4.69, 9.17) is 4.74 Å². The first-order valence-electron chi connectivity index (χ1n) is 9.20. The van der Waals surface area contributed by atoms with Gasteiger partial charge in [-0.1, -0.05) is 17.4 Å². The van der Waals surface area contributed by atoms with Crippen molar-refractivity contribution >= 4 is 43.9 Å². The maximum absolute atomic E-state index is 13.0. The maximum Gasteiger partial charge on any atom is 0.289 e. The van der Waals surface area contributed by atoms with Crippen LogP contribution in [0.3, 0.4) is 0 Å². The highest BCUT2D eigenvalue weighted by molar-refractivity contribution is 7.94. The number of aromatic amines is 1. The van der Waals surface area contributed by atoms with Crippen molar-refractivity contribution < 1.29 is 17.9 Å². The van der Waals surface area contributed by atoms with Gasteiger partial charge in [-0.2, -0.15) is 13.7 Å². The van der Waals surface area contributed by atoms with E-state index in [0.29, 0.717) is 59.0 Å². The number of hydrogen-bond acceptors (Lipinski definition) is 7. The number of sulfonamides is 1. The average Bonchev–Trinajstić information content (AvgIpc) is 3.35. The van der Waals surface area contributed by atoms with E-state index in [-0.39, 0.29) is 10.2 Å². The molecular formula is C19H19N5O4S2. The Kier molecular flexibility index (Phi) is 5.23. The molecule has 0 radical (unpaired) electrons. The van der Waals surface area contributed by atoms with Gasteiger partial charge in [0.05, 0.1) is 35.7 Å². The van der Waals surface area contributed by atoms with E-state index in [1.807, 2.05) is 6.92 Å². The van der Waals surface area contributed by atoms with E-state index in [1.165, 1.54) is 0 Å². The number of nitrogens with zero attached hydrogens (tertiary/aromatic N) is 3. The normalized spacial score (nSPS) is 14.6. The van der Waals surface area contributed by atoms with Crippen LogP contribution in [0.2, 0.25) is 0 Å². The predicted molar refractivity (Wildman–Crippen MR) is 112 cm³/mol. The van der Waals surface area contributed by atoms with Crippen LogP contribution in [0.4, 0.5) is 5.69 Å². The van der Waals surface area contributed by atoms with Gasteiger partial charge in [-0.05, 0) is 25.5 Å². The summed E-state index contributed by atoms with van der Waals surface area (Å²) >= 11 is 0.850. The van der Waals surface area contributed by atoms with Crippen LogP contribution in [0.25, 0.3) is 10.9 Å². The molecule has 2 aromatic heterocycles. The lowest BCUT2D eigenvalue weighted by molar-refractivity contribution is 0.0305. The second kappa shape index (κ2) is 7.71. The fraction of sp³-hybridized carbons (Fsp3) is 0.316. The highest BCUT2D eigenvalue weighted by Crippen LogP contribution is 2.31. The van der Waals surface area contributed by atoms with Gasteiger partial charge in [0.15, 0.2) is 0 Å². The van der Waals surface area contributed by atoms with Crippen molar-refractivity contribution in [3.8, 4) is 6.07 Å². The summed E-state index contributed by atoms with van der Waals surface area (Å²) in [7, 11) is -4.02. The number of H-pyrrole nitrogens is 1. The molecule has 1 aliphatic rings. The van der Waals surface area contributed by atoms with Crippen molar-refractivity contribution in [1.29, 1.82) is 5.26 Å². The smallest absolute Gasteiger partial charge is 0.289 e. The van der Waals surface area contributed by atoms with Gasteiger partial charge >= 0.3 is 0 Å². The van der Waals surface area contributed by atoms with Gasteiger partial charge in [-0.3, -0.25) is 9.52 Å². The quantitative estimate of drug-likeness (QED) is 0.635. The lowest BCUT2D eigenvalue weighted by Gasteiger charge is -2.26. The Morgan fingerprint density at radius 2 is 2.07 bits per heavy atom. The Balaban J connectivity index is 1.66. The van der Waals surface area contributed by atoms with E-state index < -0.39 is 10.0 Å². The molecule has 3 aromatic rings. The molecule has 1 amide bonds. The summed E-state index contributed by atoms with van der Waals surface area (Å²) in [6, 6.07) is 5.47. The van der Waals surface area contributed by atoms with Crippen LogP contribution >= 0.6 is 11.3 Å². The van der Waals surface area contributed by atoms with E-state index in [9.17, 15) is 18.5 Å². The third-order valence-electron chi connectivity index (χ3n) is 4.91. The van der Waals surface area contributed by atoms with Crippen molar-refractivity contribution in [3.63, 3.8) is 0 Å². The number of ether oxygens (including phenoxy) is 1. The number of nitriles is 1. The van der Waals surface area contributed by atoms with Crippen molar-refractivity contribution in [3.05, 3.63) is 40.0 Å². The van der Waals surface area contributed by atoms with Gasteiger partial charge in [0.25, 0.3) is 15.9 Å². The molecule has 156 valence electrons. The summed E-state index contributed by atoms with van der Waals surface area (Å²) < 4.78 is 33.6. The number of benzene rings is 1. The van der Waals surface area contributed by atoms with Crippen LogP contribution in [-0.2, 0) is 14.8 Å². The Hall–Kier alpha value is -2.94. The summed E-state index contributed by atoms with van der Waals surface area (Å²) in [6.07, 6.45) is 1.54. The SMILES string of the molecule is Cc1nc(S(=O)(=O)Nc2ccc(C)c3c(C#N)c[nH]c23)sc1C(=O)N1CCOCC1. The Morgan fingerprint density at radius 1 is 1.33 bits per heavy atom. The zero-order valence-electron chi connectivity index (χ0n) is 16.4. The molecule has 0 unspecified atom stereocenters. The van der Waals surface area contributed by atoms with Crippen molar-refractivity contribution in [2.45, 2.75) is 18.2 Å². The number of amides is 1. The minimum atomic E-state index is -4.02. The topological polar surface area (TPSA) is 128 Å². The minimum Gasteiger partial charge on any atom is -0.378 e. The Morgan fingerprint density at radius 3 is 2.77 bits per heavy atom. The third-order valence-corrected chi connectivity index (χ3v) is 7.80. The van der Waals surface area contributed by atoms with Gasteiger partial charge in [0.1, 0.15) is 10.9 Å². The number of carbonyl (C=O) groups excluding carboxylic acids is 1. The standard InChI is InChI=1S/C19H19N5O4S2/c1-11-3-4-14(16-15(11)13(9-20)10-21-16)23-30(26,27)19-22-12(2)17(29-19)18(25)24-5-7-28-8-6-24/h3-4,10,21,23H,5-8H2,1-2H3. The molecule has 11 heteroatoms. The zero-order valence-corrected chi connectivity index (χ0v) is 18.0. The molecule has 1 aliphatic heterocycles. The first kappa shape index (κ1) is 20.3. The first-order valence-corrected chi connectivity index (χ1v) is 11.5. The number of morpholine rings is 1. The summed E-state index contributed by atoms with van der Waals surface area (Å²) in [5.74, 6) is -0.240. The molecule has 0 bridgehead atoms. The molecule has 30 heavy (non-hydrogen) atoms. The molecule has 0 saturated carbocycles. The Bertz CT molecular complexity index is 1280. The van der Waals surface area contributed by atoms with E-state index in [0.717, 1.165) is 16.9 Å². The molecular weight excluding hydrogens is 426 g/mol. The number of rotatable bonds is 4. The lowest BCUT2D eigenvalue weighted by atomic mass is 10.1. The highest BCUT2D eigenvalue weighted by atomic mass is 32.2. The number of nitrogens with one attached hydrogen (secondary N) is 2. The summed E-state index contributed by atoms with van der Waals surface area (Å²) in [5.41, 5.74) is 2.50. The Labute approximate surface area is 177 Å². The largest absolute Gasteiger partial charge is 0.378 e.